The van der Waals surface area contributed by atoms with E-state index in [9.17, 15) is 0 Å². The van der Waals surface area contributed by atoms with Crippen LogP contribution in [0.5, 0.6) is 0 Å². The second-order valence-electron chi connectivity index (χ2n) is 4.40. The van der Waals surface area contributed by atoms with Crippen molar-refractivity contribution in [3.8, 4) is 0 Å². The van der Waals surface area contributed by atoms with E-state index in [4.69, 9.17) is 0 Å². The first-order valence-electron chi connectivity index (χ1n) is 6.03. The van der Waals surface area contributed by atoms with Gasteiger partial charge in [-0.3, -0.25) is 0 Å². The van der Waals surface area contributed by atoms with E-state index in [1.807, 2.05) is 24.1 Å². The smallest absolute Gasteiger partial charge is 0.0120 e. The van der Waals surface area contributed by atoms with Gasteiger partial charge in [0, 0.05) is 18.1 Å². The zero-order chi connectivity index (χ0) is 13.5. The number of aryl methyl sites for hydroxylation is 1. The van der Waals surface area contributed by atoms with Gasteiger partial charge < -0.3 is 4.90 Å². The fraction of sp³-hybridized carbons (Fsp3) is 0.176. The van der Waals surface area contributed by atoms with Gasteiger partial charge in [-0.1, -0.05) is 49.1 Å². The third-order valence-corrected chi connectivity index (χ3v) is 2.63. The molecule has 0 N–H and O–H groups in total. The lowest BCUT2D eigenvalue weighted by molar-refractivity contribution is 0.635. The first kappa shape index (κ1) is 14.0. The lowest BCUT2D eigenvalue weighted by Crippen LogP contribution is -2.05. The molecule has 0 amide bonds. The molecule has 0 heterocycles. The van der Waals surface area contributed by atoms with Gasteiger partial charge in [-0.05, 0) is 38.0 Å². The van der Waals surface area contributed by atoms with E-state index in [-0.39, 0.29) is 0 Å². The summed E-state index contributed by atoms with van der Waals surface area (Å²) in [6, 6.07) is 8.48. The summed E-state index contributed by atoms with van der Waals surface area (Å²) in [5.41, 5.74) is 4.67. The Bertz CT molecular complexity index is 492. The Morgan fingerprint density at radius 3 is 2.56 bits per heavy atom. The van der Waals surface area contributed by atoms with Gasteiger partial charge in [0.25, 0.3) is 0 Å². The Morgan fingerprint density at radius 2 is 2.00 bits per heavy atom. The molecule has 0 saturated carbocycles. The molecule has 0 bridgehead atoms. The summed E-state index contributed by atoms with van der Waals surface area (Å²) in [6.07, 6.45) is 7.69. The average molecular weight is 239 g/mol. The normalized spacial score (nSPS) is 11.6. The molecule has 1 aromatic carbocycles. The zero-order valence-corrected chi connectivity index (χ0v) is 11.5. The molecule has 94 valence electrons. The van der Waals surface area contributed by atoms with Crippen LogP contribution in [0.2, 0.25) is 0 Å². The monoisotopic (exact) mass is 239 g/mol. The molecule has 1 rings (SSSR count). The Kier molecular flexibility index (Phi) is 5.19. The summed E-state index contributed by atoms with van der Waals surface area (Å²) in [7, 11) is 0. The molecule has 0 aliphatic heterocycles. The van der Waals surface area contributed by atoms with Crippen LogP contribution in [0.1, 0.15) is 25.0 Å². The third kappa shape index (κ3) is 4.10. The van der Waals surface area contributed by atoms with E-state index in [0.717, 1.165) is 5.70 Å². The summed E-state index contributed by atoms with van der Waals surface area (Å²) in [5.74, 6) is 0. The number of hydrogen-bond acceptors (Lipinski definition) is 1. The Morgan fingerprint density at radius 1 is 1.28 bits per heavy atom. The van der Waals surface area contributed by atoms with Crippen LogP contribution >= 0.6 is 0 Å². The van der Waals surface area contributed by atoms with E-state index in [2.05, 4.69) is 57.5 Å². The van der Waals surface area contributed by atoms with Gasteiger partial charge >= 0.3 is 0 Å². The minimum absolute atomic E-state index is 0.972. The standard InChI is InChI=1S/C17H21N/c1-6-7-11-18(14(2)3)13-16(5)17-10-8-9-15(4)12-17/h6-13H,1-2H2,3-5H3/b11-7-,16-13+. The number of hydrogen-bond donors (Lipinski definition) is 0. The van der Waals surface area contributed by atoms with E-state index in [0.29, 0.717) is 0 Å². The maximum Gasteiger partial charge on any atom is 0.0120 e. The largest absolute Gasteiger partial charge is 0.328 e. The van der Waals surface area contributed by atoms with Crippen LogP contribution in [0.25, 0.3) is 5.57 Å². The molecule has 0 atom stereocenters. The maximum absolute atomic E-state index is 3.97. The molecule has 1 nitrogen and oxygen atoms in total. The predicted molar refractivity (Wildman–Crippen MR) is 80.8 cm³/mol. The van der Waals surface area contributed by atoms with Crippen molar-refractivity contribution < 1.29 is 0 Å². The van der Waals surface area contributed by atoms with Crippen molar-refractivity contribution in [3.63, 3.8) is 0 Å². The van der Waals surface area contributed by atoms with Crippen molar-refractivity contribution in [2.75, 3.05) is 0 Å². The topological polar surface area (TPSA) is 3.24 Å². The van der Waals surface area contributed by atoms with Crippen molar-refractivity contribution in [3.05, 3.63) is 78.8 Å². The SMILES string of the molecule is C=C/C=C\N(/C=C(\C)c1cccc(C)c1)C(=C)C. The van der Waals surface area contributed by atoms with Crippen molar-refractivity contribution in [2.45, 2.75) is 20.8 Å². The fourth-order valence-electron chi connectivity index (χ4n) is 1.61. The highest BCUT2D eigenvalue weighted by molar-refractivity contribution is 5.64. The van der Waals surface area contributed by atoms with E-state index in [1.54, 1.807) is 6.08 Å². The Hall–Kier alpha value is -2.02. The van der Waals surface area contributed by atoms with Gasteiger partial charge in [-0.25, -0.2) is 0 Å². The van der Waals surface area contributed by atoms with Crippen LogP contribution in [-0.2, 0) is 0 Å². The minimum atomic E-state index is 0.972. The fourth-order valence-corrected chi connectivity index (χ4v) is 1.61. The van der Waals surface area contributed by atoms with Gasteiger partial charge in [0.1, 0.15) is 0 Å². The van der Waals surface area contributed by atoms with Crippen LogP contribution < -0.4 is 0 Å². The van der Waals surface area contributed by atoms with Crippen molar-refractivity contribution in [1.29, 1.82) is 0 Å². The Labute approximate surface area is 110 Å². The van der Waals surface area contributed by atoms with Gasteiger partial charge in [-0.2, -0.15) is 0 Å². The molecule has 1 aromatic rings. The molecule has 0 spiro atoms. The van der Waals surface area contributed by atoms with Crippen LogP contribution in [0.4, 0.5) is 0 Å². The highest BCUT2D eigenvalue weighted by Crippen LogP contribution is 2.17. The second-order valence-corrected chi connectivity index (χ2v) is 4.40. The highest BCUT2D eigenvalue weighted by Gasteiger charge is 2.00. The quantitative estimate of drug-likeness (QED) is 0.661. The van der Waals surface area contributed by atoms with E-state index in [1.165, 1.54) is 16.7 Å². The summed E-state index contributed by atoms with van der Waals surface area (Å²) < 4.78 is 0. The molecule has 1 heteroatoms. The second kappa shape index (κ2) is 6.65. The molecular weight excluding hydrogens is 218 g/mol. The molecular formula is C17H21N. The molecule has 18 heavy (non-hydrogen) atoms. The number of rotatable bonds is 5. The molecule has 0 aliphatic rings. The number of benzene rings is 1. The molecule has 0 radical (unpaired) electrons. The molecule has 0 unspecified atom stereocenters. The summed E-state index contributed by atoms with van der Waals surface area (Å²) in [5, 5.41) is 0. The molecule has 0 aromatic heterocycles. The maximum atomic E-state index is 3.97. The number of nitrogens with zero attached hydrogens (tertiary/aromatic N) is 1. The minimum Gasteiger partial charge on any atom is -0.328 e. The van der Waals surface area contributed by atoms with Gasteiger partial charge in [0.05, 0.1) is 0 Å². The molecule has 0 saturated heterocycles. The van der Waals surface area contributed by atoms with Crippen LogP contribution in [0, 0.1) is 6.92 Å². The first-order valence-corrected chi connectivity index (χ1v) is 6.03. The summed E-state index contributed by atoms with van der Waals surface area (Å²) >= 11 is 0. The Balaban J connectivity index is 3.02. The summed E-state index contributed by atoms with van der Waals surface area (Å²) in [4.78, 5) is 2.00. The predicted octanol–water partition coefficient (Wildman–Crippen LogP) is 4.89. The highest BCUT2D eigenvalue weighted by atomic mass is 15.1. The van der Waals surface area contributed by atoms with Gasteiger partial charge in [-0.15, -0.1) is 0 Å². The molecule has 0 aliphatic carbocycles. The van der Waals surface area contributed by atoms with E-state index >= 15 is 0 Å². The average Bonchev–Trinajstić information content (AvgIpc) is 2.33. The lowest BCUT2D eigenvalue weighted by Gasteiger charge is -2.16. The van der Waals surface area contributed by atoms with Gasteiger partial charge in [0.2, 0.25) is 0 Å². The number of allylic oxidation sites excluding steroid dienone is 4. The van der Waals surface area contributed by atoms with Crippen LogP contribution in [-0.4, -0.2) is 4.90 Å². The van der Waals surface area contributed by atoms with Gasteiger partial charge in [0.15, 0.2) is 0 Å². The van der Waals surface area contributed by atoms with Crippen molar-refractivity contribution in [1.82, 2.24) is 4.90 Å². The van der Waals surface area contributed by atoms with Crippen molar-refractivity contribution >= 4 is 5.57 Å². The van der Waals surface area contributed by atoms with E-state index < -0.39 is 0 Å². The van der Waals surface area contributed by atoms with Crippen LogP contribution in [0.15, 0.2) is 67.7 Å². The van der Waals surface area contributed by atoms with Crippen molar-refractivity contribution in [2.24, 2.45) is 0 Å². The van der Waals surface area contributed by atoms with Crippen LogP contribution in [0.3, 0.4) is 0 Å². The zero-order valence-electron chi connectivity index (χ0n) is 11.5. The third-order valence-electron chi connectivity index (χ3n) is 2.63. The molecule has 0 fully saturated rings. The lowest BCUT2D eigenvalue weighted by atomic mass is 10.1. The summed E-state index contributed by atoms with van der Waals surface area (Å²) in [6.45, 7) is 13.8. The first-order chi connectivity index (χ1) is 8.54.